The second-order valence-corrected chi connectivity index (χ2v) is 6.13. The minimum absolute atomic E-state index is 0.0642. The van der Waals surface area contributed by atoms with Crippen molar-refractivity contribution in [2.45, 2.75) is 18.9 Å². The molecule has 0 aromatic carbocycles. The minimum atomic E-state index is 0.0642. The van der Waals surface area contributed by atoms with Crippen molar-refractivity contribution in [2.24, 2.45) is 0 Å². The van der Waals surface area contributed by atoms with E-state index in [4.69, 9.17) is 5.73 Å². The van der Waals surface area contributed by atoms with E-state index in [-0.39, 0.29) is 12.6 Å². The van der Waals surface area contributed by atoms with Gasteiger partial charge in [0.1, 0.15) is 6.33 Å². The molecule has 0 amide bonds. The summed E-state index contributed by atoms with van der Waals surface area (Å²) >= 11 is 1.62. The minimum Gasteiger partial charge on any atom is -0.394 e. The summed E-state index contributed by atoms with van der Waals surface area (Å²) in [5, 5.41) is 13.5. The third-order valence-corrected chi connectivity index (χ3v) is 4.71. The Kier molecular flexibility index (Phi) is 3.20. The number of hydrogen-bond acceptors (Lipinski definition) is 7. The lowest BCUT2D eigenvalue weighted by molar-refractivity contribution is 0.265. The van der Waals surface area contributed by atoms with E-state index in [0.717, 1.165) is 25.1 Å². The summed E-state index contributed by atoms with van der Waals surface area (Å²) in [5.74, 6) is 0.941. The van der Waals surface area contributed by atoms with Crippen molar-refractivity contribution in [1.29, 1.82) is 0 Å². The van der Waals surface area contributed by atoms with Gasteiger partial charge in [-0.1, -0.05) is 0 Å². The summed E-state index contributed by atoms with van der Waals surface area (Å²) in [6, 6.07) is 2.07. The number of imidazole rings is 1. The molecule has 0 radical (unpaired) electrons. The zero-order valence-electron chi connectivity index (χ0n) is 11.9. The van der Waals surface area contributed by atoms with E-state index in [0.29, 0.717) is 22.9 Å². The Morgan fingerprint density at radius 2 is 2.32 bits per heavy atom. The third-order valence-electron chi connectivity index (χ3n) is 4.04. The van der Waals surface area contributed by atoms with Crippen molar-refractivity contribution in [2.75, 3.05) is 23.8 Å². The van der Waals surface area contributed by atoms with Gasteiger partial charge >= 0.3 is 0 Å². The van der Waals surface area contributed by atoms with Crippen molar-refractivity contribution in [3.8, 4) is 5.69 Å². The molecule has 114 valence electrons. The highest BCUT2D eigenvalue weighted by atomic mass is 32.1. The molecule has 0 spiro atoms. The van der Waals surface area contributed by atoms with Crippen molar-refractivity contribution in [1.82, 2.24) is 19.5 Å². The van der Waals surface area contributed by atoms with E-state index in [9.17, 15) is 5.11 Å². The molecule has 4 heterocycles. The maximum atomic E-state index is 9.50. The van der Waals surface area contributed by atoms with Gasteiger partial charge in [-0.2, -0.15) is 21.3 Å². The Labute approximate surface area is 131 Å². The number of aliphatic hydroxyl groups is 1. The van der Waals surface area contributed by atoms with Gasteiger partial charge in [-0.25, -0.2) is 4.98 Å². The molecule has 0 bridgehead atoms. The van der Waals surface area contributed by atoms with Crippen LogP contribution in [0.25, 0.3) is 16.9 Å². The van der Waals surface area contributed by atoms with Crippen LogP contribution < -0.4 is 10.6 Å². The number of nitrogen functional groups attached to an aromatic ring is 1. The molecule has 0 saturated carbocycles. The van der Waals surface area contributed by atoms with Crippen LogP contribution in [0.5, 0.6) is 0 Å². The lowest BCUT2D eigenvalue weighted by Crippen LogP contribution is -2.33. The quantitative estimate of drug-likeness (QED) is 0.759. The van der Waals surface area contributed by atoms with Crippen LogP contribution in [-0.2, 0) is 0 Å². The SMILES string of the molecule is Nc1nc(N2CCCC2CO)nc2c1ncn2-c1ccsc1. The fourth-order valence-corrected chi connectivity index (χ4v) is 3.54. The fourth-order valence-electron chi connectivity index (χ4n) is 2.91. The highest BCUT2D eigenvalue weighted by molar-refractivity contribution is 7.08. The van der Waals surface area contributed by atoms with Gasteiger partial charge in [-0.3, -0.25) is 4.57 Å². The van der Waals surface area contributed by atoms with Crippen LogP contribution in [0.4, 0.5) is 11.8 Å². The molecule has 1 aliphatic heterocycles. The molecular weight excluding hydrogens is 300 g/mol. The topological polar surface area (TPSA) is 93.1 Å². The van der Waals surface area contributed by atoms with Crippen molar-refractivity contribution in [3.63, 3.8) is 0 Å². The monoisotopic (exact) mass is 316 g/mol. The smallest absolute Gasteiger partial charge is 0.229 e. The molecule has 1 saturated heterocycles. The Morgan fingerprint density at radius 3 is 3.09 bits per heavy atom. The number of rotatable bonds is 3. The second kappa shape index (κ2) is 5.22. The van der Waals surface area contributed by atoms with Crippen molar-refractivity contribution >= 4 is 34.3 Å². The van der Waals surface area contributed by atoms with E-state index in [1.54, 1.807) is 17.7 Å². The predicted octanol–water partition coefficient (Wildman–Crippen LogP) is 1.42. The van der Waals surface area contributed by atoms with Gasteiger partial charge in [-0.05, 0) is 24.3 Å². The van der Waals surface area contributed by atoms with Crippen LogP contribution in [0.2, 0.25) is 0 Å². The largest absolute Gasteiger partial charge is 0.394 e. The van der Waals surface area contributed by atoms with E-state index >= 15 is 0 Å². The zero-order valence-corrected chi connectivity index (χ0v) is 12.7. The Balaban J connectivity index is 1.86. The van der Waals surface area contributed by atoms with E-state index in [1.807, 2.05) is 26.3 Å². The van der Waals surface area contributed by atoms with Gasteiger partial charge in [0.15, 0.2) is 17.0 Å². The molecule has 8 heteroatoms. The predicted molar refractivity (Wildman–Crippen MR) is 86.4 cm³/mol. The molecule has 1 unspecified atom stereocenters. The number of nitrogens with two attached hydrogens (primary N) is 1. The van der Waals surface area contributed by atoms with Crippen LogP contribution in [0.1, 0.15) is 12.8 Å². The molecule has 1 aliphatic rings. The van der Waals surface area contributed by atoms with Gasteiger partial charge in [0.25, 0.3) is 0 Å². The molecular formula is C14H16N6OS. The van der Waals surface area contributed by atoms with Crippen LogP contribution in [0.3, 0.4) is 0 Å². The average molecular weight is 316 g/mol. The lowest BCUT2D eigenvalue weighted by atomic mass is 10.2. The van der Waals surface area contributed by atoms with Crippen LogP contribution >= 0.6 is 11.3 Å². The van der Waals surface area contributed by atoms with Gasteiger partial charge < -0.3 is 15.7 Å². The van der Waals surface area contributed by atoms with Crippen LogP contribution in [0.15, 0.2) is 23.2 Å². The molecule has 22 heavy (non-hydrogen) atoms. The Hall–Kier alpha value is -2.19. The molecule has 1 fully saturated rings. The van der Waals surface area contributed by atoms with Crippen molar-refractivity contribution in [3.05, 3.63) is 23.2 Å². The second-order valence-electron chi connectivity index (χ2n) is 5.35. The van der Waals surface area contributed by atoms with E-state index in [2.05, 4.69) is 15.0 Å². The van der Waals surface area contributed by atoms with Gasteiger partial charge in [0.2, 0.25) is 5.95 Å². The maximum absolute atomic E-state index is 9.50. The fraction of sp³-hybridized carbons (Fsp3) is 0.357. The highest BCUT2D eigenvalue weighted by Crippen LogP contribution is 2.27. The first-order valence-electron chi connectivity index (χ1n) is 7.18. The first-order chi connectivity index (χ1) is 10.8. The normalized spacial score (nSPS) is 18.4. The Morgan fingerprint density at radius 1 is 1.41 bits per heavy atom. The molecule has 3 N–H and O–H groups in total. The van der Waals surface area contributed by atoms with Gasteiger partial charge in [-0.15, -0.1) is 0 Å². The first-order valence-corrected chi connectivity index (χ1v) is 8.13. The van der Waals surface area contributed by atoms with E-state index in [1.165, 1.54) is 0 Å². The van der Waals surface area contributed by atoms with Crippen LogP contribution in [-0.4, -0.2) is 43.8 Å². The molecule has 3 aromatic heterocycles. The standard InChI is InChI=1S/C14H16N6OS/c15-12-11-13(20(8-16-11)10-3-5-22-7-10)18-14(17-12)19-4-1-2-9(19)6-21/h3,5,7-9,21H,1-2,4,6H2,(H2,15,17,18). The summed E-state index contributed by atoms with van der Waals surface area (Å²) in [5.41, 5.74) is 8.38. The summed E-state index contributed by atoms with van der Waals surface area (Å²) in [6.07, 6.45) is 3.69. The number of thiophene rings is 1. The number of hydrogen-bond donors (Lipinski definition) is 2. The molecule has 0 aliphatic carbocycles. The summed E-state index contributed by atoms with van der Waals surface area (Å²) < 4.78 is 1.91. The molecule has 1 atom stereocenters. The highest BCUT2D eigenvalue weighted by Gasteiger charge is 2.27. The number of fused-ring (bicyclic) bond motifs is 1. The van der Waals surface area contributed by atoms with E-state index < -0.39 is 0 Å². The number of aliphatic hydroxyl groups excluding tert-OH is 1. The molecule has 4 rings (SSSR count). The van der Waals surface area contributed by atoms with Crippen LogP contribution in [0, 0.1) is 0 Å². The number of nitrogens with zero attached hydrogens (tertiary/aromatic N) is 5. The number of anilines is 2. The molecule has 7 nitrogen and oxygen atoms in total. The molecule has 3 aromatic rings. The zero-order chi connectivity index (χ0) is 15.1. The third kappa shape index (κ3) is 2.03. The summed E-state index contributed by atoms with van der Waals surface area (Å²) in [6.45, 7) is 0.938. The first kappa shape index (κ1) is 13.5. The maximum Gasteiger partial charge on any atom is 0.229 e. The van der Waals surface area contributed by atoms with Crippen molar-refractivity contribution < 1.29 is 5.11 Å². The van der Waals surface area contributed by atoms with Gasteiger partial charge in [0, 0.05) is 11.9 Å². The summed E-state index contributed by atoms with van der Waals surface area (Å²) in [4.78, 5) is 15.4. The van der Waals surface area contributed by atoms with Gasteiger partial charge in [0.05, 0.1) is 18.3 Å². The number of aromatic nitrogens is 4. The lowest BCUT2D eigenvalue weighted by Gasteiger charge is -2.23. The average Bonchev–Trinajstić information content (AvgIpc) is 3.25. The Bertz CT molecular complexity index is 799. The summed E-state index contributed by atoms with van der Waals surface area (Å²) in [7, 11) is 0.